The van der Waals surface area contributed by atoms with Crippen molar-refractivity contribution in [2.45, 2.75) is 23.3 Å². The predicted octanol–water partition coefficient (Wildman–Crippen LogP) is 5.41. The summed E-state index contributed by atoms with van der Waals surface area (Å²) in [6, 6.07) is 14.8. The summed E-state index contributed by atoms with van der Waals surface area (Å²) in [5, 5.41) is 6.80. The van der Waals surface area contributed by atoms with Gasteiger partial charge >= 0.3 is 0 Å². The second-order valence-corrected chi connectivity index (χ2v) is 7.06. The smallest absolute Gasteiger partial charge is 0.130 e. The molecule has 0 radical (unpaired) electrons. The molecule has 0 aliphatic rings. The quantitative estimate of drug-likeness (QED) is 0.616. The maximum atomic E-state index is 4.79. The Morgan fingerprint density at radius 2 is 2.10 bits per heavy atom. The van der Waals surface area contributed by atoms with E-state index in [2.05, 4.69) is 54.0 Å². The highest BCUT2D eigenvalue weighted by Gasteiger charge is 2.07. The van der Waals surface area contributed by atoms with Gasteiger partial charge in [0.2, 0.25) is 0 Å². The van der Waals surface area contributed by atoms with Gasteiger partial charge in [-0.3, -0.25) is 0 Å². The van der Waals surface area contributed by atoms with Crippen LogP contribution in [0.4, 0.5) is 5.82 Å². The maximum Gasteiger partial charge on any atom is 0.130 e. The van der Waals surface area contributed by atoms with E-state index in [0.717, 1.165) is 30.1 Å². The molecule has 0 fully saturated rings. The van der Waals surface area contributed by atoms with Crippen LogP contribution in [0.3, 0.4) is 0 Å². The first-order valence-electron chi connectivity index (χ1n) is 7.15. The first kappa shape index (κ1) is 14.4. The Kier molecular flexibility index (Phi) is 4.78. The molecule has 4 heteroatoms. The minimum atomic E-state index is 0.949. The van der Waals surface area contributed by atoms with E-state index in [1.165, 1.54) is 15.2 Å². The molecule has 0 spiro atoms. The Morgan fingerprint density at radius 1 is 1.19 bits per heavy atom. The fourth-order valence-electron chi connectivity index (χ4n) is 2.16. The van der Waals surface area contributed by atoms with Crippen LogP contribution in [0.1, 0.15) is 18.9 Å². The van der Waals surface area contributed by atoms with Crippen LogP contribution in [0.15, 0.2) is 52.1 Å². The van der Waals surface area contributed by atoms with Gasteiger partial charge in [-0.05, 0) is 30.0 Å². The van der Waals surface area contributed by atoms with Crippen molar-refractivity contribution < 1.29 is 0 Å². The summed E-state index contributed by atoms with van der Waals surface area (Å²) in [5.41, 5.74) is 2.33. The third-order valence-electron chi connectivity index (χ3n) is 3.21. The van der Waals surface area contributed by atoms with E-state index in [1.807, 2.05) is 17.8 Å². The fourth-order valence-corrected chi connectivity index (χ4v) is 3.92. The van der Waals surface area contributed by atoms with E-state index in [4.69, 9.17) is 4.98 Å². The lowest BCUT2D eigenvalue weighted by atomic mass is 10.1. The number of para-hydroxylation sites is 1. The third-order valence-corrected chi connectivity index (χ3v) is 5.39. The van der Waals surface area contributed by atoms with Crippen molar-refractivity contribution in [2.75, 3.05) is 11.9 Å². The number of fused-ring (bicyclic) bond motifs is 1. The van der Waals surface area contributed by atoms with Crippen LogP contribution in [0.25, 0.3) is 10.9 Å². The van der Waals surface area contributed by atoms with Gasteiger partial charge in [0.1, 0.15) is 5.82 Å². The van der Waals surface area contributed by atoms with Gasteiger partial charge in [-0.15, -0.1) is 23.1 Å². The molecule has 0 unspecified atom stereocenters. The van der Waals surface area contributed by atoms with Gasteiger partial charge < -0.3 is 5.32 Å². The number of anilines is 1. The van der Waals surface area contributed by atoms with Crippen molar-refractivity contribution in [1.29, 1.82) is 0 Å². The minimum Gasteiger partial charge on any atom is -0.370 e. The van der Waals surface area contributed by atoms with Gasteiger partial charge in [0.05, 0.1) is 9.73 Å². The number of hydrogen-bond donors (Lipinski definition) is 1. The van der Waals surface area contributed by atoms with E-state index in [9.17, 15) is 0 Å². The van der Waals surface area contributed by atoms with Crippen LogP contribution in [0, 0.1) is 0 Å². The van der Waals surface area contributed by atoms with Gasteiger partial charge in [-0.2, -0.15) is 0 Å². The monoisotopic (exact) mass is 314 g/mol. The van der Waals surface area contributed by atoms with Crippen molar-refractivity contribution in [1.82, 2.24) is 4.98 Å². The summed E-state index contributed by atoms with van der Waals surface area (Å²) in [7, 11) is 0. The number of benzene rings is 1. The number of pyridine rings is 1. The summed E-state index contributed by atoms with van der Waals surface area (Å²) in [4.78, 5) is 4.79. The highest BCUT2D eigenvalue weighted by Crippen LogP contribution is 2.30. The van der Waals surface area contributed by atoms with E-state index in [1.54, 1.807) is 11.3 Å². The van der Waals surface area contributed by atoms with E-state index in [-0.39, 0.29) is 0 Å². The molecule has 1 aromatic carbocycles. The zero-order valence-electron chi connectivity index (χ0n) is 12.0. The minimum absolute atomic E-state index is 0.949. The van der Waals surface area contributed by atoms with Crippen LogP contribution in [-0.2, 0) is 5.75 Å². The summed E-state index contributed by atoms with van der Waals surface area (Å²) >= 11 is 3.67. The number of rotatable bonds is 6. The van der Waals surface area contributed by atoms with Crippen LogP contribution < -0.4 is 5.32 Å². The predicted molar refractivity (Wildman–Crippen MR) is 94.4 cm³/mol. The molecule has 2 aromatic heterocycles. The number of aromatic nitrogens is 1. The fraction of sp³-hybridized carbons (Fsp3) is 0.235. The summed E-state index contributed by atoms with van der Waals surface area (Å²) in [6.45, 7) is 3.14. The Morgan fingerprint density at radius 3 is 2.90 bits per heavy atom. The molecule has 3 rings (SSSR count). The molecule has 21 heavy (non-hydrogen) atoms. The van der Waals surface area contributed by atoms with Crippen LogP contribution in [-0.4, -0.2) is 11.5 Å². The first-order chi connectivity index (χ1) is 10.4. The average molecular weight is 314 g/mol. The van der Waals surface area contributed by atoms with Gasteiger partial charge in [-0.25, -0.2) is 4.98 Å². The topological polar surface area (TPSA) is 24.9 Å². The number of nitrogens with one attached hydrogen (secondary N) is 1. The lowest BCUT2D eigenvalue weighted by Crippen LogP contribution is -2.05. The standard InChI is InChI=1S/C17H18N2S2/c1-2-9-18-17-14(12-21-16-8-5-10-20-16)11-13-6-3-4-7-15(13)19-17/h3-8,10-11H,2,9,12H2,1H3,(H,18,19). The molecule has 0 saturated heterocycles. The molecule has 0 aliphatic carbocycles. The van der Waals surface area contributed by atoms with E-state index >= 15 is 0 Å². The largest absolute Gasteiger partial charge is 0.370 e. The molecular formula is C17H18N2S2. The normalized spacial score (nSPS) is 10.9. The second-order valence-electron chi connectivity index (χ2n) is 4.84. The Bertz CT molecular complexity index is 708. The Hall–Kier alpha value is -1.52. The van der Waals surface area contributed by atoms with E-state index in [0.29, 0.717) is 0 Å². The molecule has 0 atom stereocenters. The molecule has 0 bridgehead atoms. The highest BCUT2D eigenvalue weighted by atomic mass is 32.2. The lowest BCUT2D eigenvalue weighted by Gasteiger charge is -2.11. The molecule has 2 nitrogen and oxygen atoms in total. The highest BCUT2D eigenvalue weighted by molar-refractivity contribution is 8.00. The Balaban J connectivity index is 1.89. The number of thioether (sulfide) groups is 1. The molecule has 0 aliphatic heterocycles. The zero-order chi connectivity index (χ0) is 14.5. The van der Waals surface area contributed by atoms with Gasteiger partial charge in [0.15, 0.2) is 0 Å². The Labute approximate surface area is 133 Å². The van der Waals surface area contributed by atoms with Crippen molar-refractivity contribution in [3.8, 4) is 0 Å². The summed E-state index contributed by atoms with van der Waals surface area (Å²) < 4.78 is 1.35. The summed E-state index contributed by atoms with van der Waals surface area (Å²) in [5.74, 6) is 1.98. The van der Waals surface area contributed by atoms with Crippen LogP contribution in [0.2, 0.25) is 0 Å². The van der Waals surface area contributed by atoms with E-state index < -0.39 is 0 Å². The SMILES string of the molecule is CCCNc1nc2ccccc2cc1CSc1cccs1. The lowest BCUT2D eigenvalue weighted by molar-refractivity contribution is 0.968. The van der Waals surface area contributed by atoms with Gasteiger partial charge in [-0.1, -0.05) is 31.2 Å². The first-order valence-corrected chi connectivity index (χ1v) is 9.02. The molecule has 1 N–H and O–H groups in total. The maximum absolute atomic E-state index is 4.79. The van der Waals surface area contributed by atoms with Crippen LogP contribution in [0.5, 0.6) is 0 Å². The molecule has 2 heterocycles. The number of hydrogen-bond acceptors (Lipinski definition) is 4. The molecule has 0 amide bonds. The van der Waals surface area contributed by atoms with Crippen LogP contribution >= 0.6 is 23.1 Å². The summed E-state index contributed by atoms with van der Waals surface area (Å²) in [6.07, 6.45) is 1.10. The number of thiophene rings is 1. The average Bonchev–Trinajstić information content (AvgIpc) is 3.04. The molecular weight excluding hydrogens is 296 g/mol. The molecule has 0 saturated carbocycles. The van der Waals surface area contributed by atoms with Crippen molar-refractivity contribution >= 4 is 39.8 Å². The van der Waals surface area contributed by atoms with Gasteiger partial charge in [0, 0.05) is 23.2 Å². The van der Waals surface area contributed by atoms with Crippen molar-refractivity contribution in [3.05, 3.63) is 53.4 Å². The van der Waals surface area contributed by atoms with Gasteiger partial charge in [0.25, 0.3) is 0 Å². The molecule has 108 valence electrons. The zero-order valence-corrected chi connectivity index (χ0v) is 13.6. The van der Waals surface area contributed by atoms with Crippen molar-refractivity contribution in [2.24, 2.45) is 0 Å². The third kappa shape index (κ3) is 3.57. The number of nitrogens with zero attached hydrogens (tertiary/aromatic N) is 1. The molecule has 3 aromatic rings. The second kappa shape index (κ2) is 6.96. The van der Waals surface area contributed by atoms with Crippen molar-refractivity contribution in [3.63, 3.8) is 0 Å².